The van der Waals surface area contributed by atoms with Crippen LogP contribution in [-0.4, -0.2) is 48.6 Å². The number of nitrogens with zero attached hydrogens (tertiary/aromatic N) is 2. The molecule has 2 heterocycles. The summed E-state index contributed by atoms with van der Waals surface area (Å²) in [6, 6.07) is 12.3. The lowest BCUT2D eigenvalue weighted by atomic mass is 10.1. The van der Waals surface area contributed by atoms with Gasteiger partial charge in [-0.3, -0.25) is 9.59 Å². The third-order valence-electron chi connectivity index (χ3n) is 5.39. The molecule has 34 heavy (non-hydrogen) atoms. The number of benzene rings is 2. The van der Waals surface area contributed by atoms with Crippen LogP contribution < -0.4 is 10.2 Å². The number of carbonyl (C=O) groups excluding carboxylic acids is 2. The van der Waals surface area contributed by atoms with Gasteiger partial charge < -0.3 is 15.3 Å². The fourth-order valence-corrected chi connectivity index (χ4v) is 5.43. The molecule has 0 radical (unpaired) electrons. The SMILES string of the molecule is CCS(=O)(=O)c1ccc(CC(=O)Nc2nc3c(s2)C(=O)N(c2cccc(C(=O)O)c2)CC3)cc1. The predicted octanol–water partition coefficient (Wildman–Crippen LogP) is 3.02. The number of thiazole rings is 1. The Hall–Kier alpha value is -3.57. The number of sulfone groups is 1. The van der Waals surface area contributed by atoms with Crippen molar-refractivity contribution in [2.45, 2.75) is 24.7 Å². The van der Waals surface area contributed by atoms with Crippen molar-refractivity contribution in [3.8, 4) is 0 Å². The lowest BCUT2D eigenvalue weighted by molar-refractivity contribution is -0.115. The van der Waals surface area contributed by atoms with Gasteiger partial charge in [0.2, 0.25) is 5.91 Å². The van der Waals surface area contributed by atoms with Gasteiger partial charge in [0.05, 0.1) is 28.3 Å². The van der Waals surface area contributed by atoms with Crippen molar-refractivity contribution in [1.29, 1.82) is 0 Å². The van der Waals surface area contributed by atoms with E-state index in [4.69, 9.17) is 0 Å². The molecule has 0 saturated heterocycles. The molecule has 3 aromatic rings. The summed E-state index contributed by atoms with van der Waals surface area (Å²) in [5.74, 6) is -1.70. The minimum atomic E-state index is -3.30. The first kappa shape index (κ1) is 23.6. The number of aromatic carboxylic acids is 1. The summed E-state index contributed by atoms with van der Waals surface area (Å²) in [5.41, 5.74) is 1.82. The normalized spacial score (nSPS) is 13.4. The van der Waals surface area contributed by atoms with Crippen LogP contribution in [0.25, 0.3) is 0 Å². The van der Waals surface area contributed by atoms with Crippen molar-refractivity contribution >= 4 is 49.8 Å². The van der Waals surface area contributed by atoms with Crippen LogP contribution in [0.1, 0.15) is 38.2 Å². The number of carbonyl (C=O) groups is 3. The van der Waals surface area contributed by atoms with E-state index in [0.29, 0.717) is 39.9 Å². The number of carboxylic acids is 1. The average molecular weight is 500 g/mol. The molecule has 2 N–H and O–H groups in total. The maximum Gasteiger partial charge on any atom is 0.335 e. The number of anilines is 2. The van der Waals surface area contributed by atoms with Crippen LogP contribution in [0.3, 0.4) is 0 Å². The molecule has 1 aromatic heterocycles. The standard InChI is InChI=1S/C23H21N3O6S2/c1-2-34(31,32)17-8-6-14(7-9-17)12-19(27)25-23-24-18-10-11-26(21(28)20(18)33-23)16-5-3-4-15(13-16)22(29)30/h3-9,13H,2,10-12H2,1H3,(H,29,30)(H,24,25,27). The Bertz CT molecular complexity index is 1380. The van der Waals surface area contributed by atoms with Crippen molar-refractivity contribution in [3.05, 3.63) is 70.2 Å². The Morgan fingerprint density at radius 2 is 1.91 bits per heavy atom. The van der Waals surface area contributed by atoms with Crippen LogP contribution in [0.4, 0.5) is 10.8 Å². The molecule has 2 aromatic carbocycles. The molecule has 0 spiro atoms. The van der Waals surface area contributed by atoms with E-state index in [1.165, 1.54) is 29.2 Å². The molecule has 0 atom stereocenters. The number of nitrogens with one attached hydrogen (secondary N) is 1. The van der Waals surface area contributed by atoms with Gasteiger partial charge in [-0.25, -0.2) is 18.2 Å². The van der Waals surface area contributed by atoms with E-state index in [-0.39, 0.29) is 34.4 Å². The highest BCUT2D eigenvalue weighted by molar-refractivity contribution is 7.91. The van der Waals surface area contributed by atoms with Gasteiger partial charge in [-0.15, -0.1) is 0 Å². The molecule has 0 aliphatic carbocycles. The van der Waals surface area contributed by atoms with Gasteiger partial charge in [-0.1, -0.05) is 36.5 Å². The fourth-order valence-electron chi connectivity index (χ4n) is 3.57. The zero-order chi connectivity index (χ0) is 24.5. The summed E-state index contributed by atoms with van der Waals surface area (Å²) in [4.78, 5) is 43.2. The van der Waals surface area contributed by atoms with Crippen LogP contribution >= 0.6 is 11.3 Å². The van der Waals surface area contributed by atoms with Crippen LogP contribution in [0.15, 0.2) is 53.4 Å². The van der Waals surface area contributed by atoms with Gasteiger partial charge >= 0.3 is 5.97 Å². The first-order chi connectivity index (χ1) is 16.2. The van der Waals surface area contributed by atoms with Crippen molar-refractivity contribution in [2.75, 3.05) is 22.5 Å². The molecule has 0 bridgehead atoms. The van der Waals surface area contributed by atoms with Gasteiger partial charge in [-0.2, -0.15) is 0 Å². The lowest BCUT2D eigenvalue weighted by Crippen LogP contribution is -2.37. The first-order valence-corrected chi connectivity index (χ1v) is 12.9. The average Bonchev–Trinajstić information content (AvgIpc) is 3.23. The molecular formula is C23H21N3O6S2. The molecule has 4 rings (SSSR count). The number of hydrogen-bond donors (Lipinski definition) is 2. The number of rotatable bonds is 7. The molecule has 0 fully saturated rings. The molecule has 0 saturated carbocycles. The molecule has 2 amide bonds. The zero-order valence-corrected chi connectivity index (χ0v) is 19.8. The Kier molecular flexibility index (Phi) is 6.49. The quantitative estimate of drug-likeness (QED) is 0.510. The highest BCUT2D eigenvalue weighted by atomic mass is 32.2. The van der Waals surface area contributed by atoms with Gasteiger partial charge in [0.15, 0.2) is 15.0 Å². The molecular weight excluding hydrogens is 478 g/mol. The van der Waals surface area contributed by atoms with E-state index in [1.807, 2.05) is 0 Å². The van der Waals surface area contributed by atoms with E-state index in [9.17, 15) is 27.9 Å². The Morgan fingerprint density at radius 3 is 2.59 bits per heavy atom. The van der Waals surface area contributed by atoms with E-state index in [0.717, 1.165) is 11.3 Å². The highest BCUT2D eigenvalue weighted by Crippen LogP contribution is 2.31. The highest BCUT2D eigenvalue weighted by Gasteiger charge is 2.30. The van der Waals surface area contributed by atoms with E-state index in [1.54, 1.807) is 31.2 Å². The third kappa shape index (κ3) is 4.85. The minimum absolute atomic E-state index is 0.00267. The lowest BCUT2D eigenvalue weighted by Gasteiger charge is -2.26. The Morgan fingerprint density at radius 1 is 1.18 bits per heavy atom. The van der Waals surface area contributed by atoms with Crippen LogP contribution in [-0.2, 0) is 27.5 Å². The molecule has 11 heteroatoms. The fraction of sp³-hybridized carbons (Fsp3) is 0.217. The van der Waals surface area contributed by atoms with Gasteiger partial charge in [0, 0.05) is 18.7 Å². The maximum absolute atomic E-state index is 13.0. The first-order valence-electron chi connectivity index (χ1n) is 10.4. The summed E-state index contributed by atoms with van der Waals surface area (Å²) in [6.45, 7) is 1.92. The van der Waals surface area contributed by atoms with Crippen LogP contribution in [0.2, 0.25) is 0 Å². The summed E-state index contributed by atoms with van der Waals surface area (Å²) in [6.07, 6.45) is 0.497. The molecule has 1 aliphatic rings. The number of amides is 2. The monoisotopic (exact) mass is 499 g/mol. The van der Waals surface area contributed by atoms with Crippen molar-refractivity contribution in [2.24, 2.45) is 0 Å². The summed E-state index contributed by atoms with van der Waals surface area (Å²) in [7, 11) is -3.30. The number of carboxylic acid groups (broad SMARTS) is 1. The molecule has 176 valence electrons. The number of fused-ring (bicyclic) bond motifs is 1. The topological polar surface area (TPSA) is 134 Å². The van der Waals surface area contributed by atoms with Crippen LogP contribution in [0.5, 0.6) is 0 Å². The van der Waals surface area contributed by atoms with E-state index >= 15 is 0 Å². The molecule has 0 unspecified atom stereocenters. The summed E-state index contributed by atoms with van der Waals surface area (Å²) >= 11 is 1.07. The minimum Gasteiger partial charge on any atom is -0.478 e. The number of hydrogen-bond acceptors (Lipinski definition) is 7. The van der Waals surface area contributed by atoms with Gasteiger partial charge in [-0.05, 0) is 35.9 Å². The smallest absolute Gasteiger partial charge is 0.335 e. The van der Waals surface area contributed by atoms with Crippen LogP contribution in [0, 0.1) is 0 Å². The second-order valence-corrected chi connectivity index (χ2v) is 10.9. The van der Waals surface area contributed by atoms with Crippen molar-refractivity contribution < 1.29 is 27.9 Å². The van der Waals surface area contributed by atoms with Crippen molar-refractivity contribution in [3.63, 3.8) is 0 Å². The largest absolute Gasteiger partial charge is 0.478 e. The number of aromatic nitrogens is 1. The Labute approximate surface area is 200 Å². The second kappa shape index (κ2) is 9.35. The third-order valence-corrected chi connectivity index (χ3v) is 8.14. The predicted molar refractivity (Wildman–Crippen MR) is 127 cm³/mol. The van der Waals surface area contributed by atoms with Crippen molar-refractivity contribution in [1.82, 2.24) is 4.98 Å². The maximum atomic E-state index is 13.0. The second-order valence-electron chi connectivity index (χ2n) is 7.63. The van der Waals surface area contributed by atoms with Gasteiger partial charge in [0.1, 0.15) is 4.88 Å². The molecule has 1 aliphatic heterocycles. The Balaban J connectivity index is 1.45. The van der Waals surface area contributed by atoms with E-state index in [2.05, 4.69) is 10.3 Å². The summed E-state index contributed by atoms with van der Waals surface area (Å²) in [5, 5.41) is 12.2. The molecule has 9 nitrogen and oxygen atoms in total. The van der Waals surface area contributed by atoms with Gasteiger partial charge in [0.25, 0.3) is 5.91 Å². The summed E-state index contributed by atoms with van der Waals surface area (Å²) < 4.78 is 23.8. The van der Waals surface area contributed by atoms with E-state index < -0.39 is 15.8 Å². The zero-order valence-electron chi connectivity index (χ0n) is 18.1.